The summed E-state index contributed by atoms with van der Waals surface area (Å²) >= 11 is 5.78. The molecule has 1 aromatic heterocycles. The molecule has 5 heteroatoms. The van der Waals surface area contributed by atoms with Crippen LogP contribution in [0.3, 0.4) is 0 Å². The van der Waals surface area contributed by atoms with Gasteiger partial charge in [-0.25, -0.2) is 14.2 Å². The maximum atomic E-state index is 13.3. The third-order valence-electron chi connectivity index (χ3n) is 1.97. The van der Waals surface area contributed by atoms with E-state index in [9.17, 15) is 9.18 Å². The Kier molecular flexibility index (Phi) is 2.28. The molecule has 1 heterocycles. The van der Waals surface area contributed by atoms with E-state index in [2.05, 4.69) is 4.98 Å². The summed E-state index contributed by atoms with van der Waals surface area (Å²) in [6.07, 6.45) is 0. The number of fused-ring (bicyclic) bond motifs is 1. The zero-order chi connectivity index (χ0) is 11.0. The molecule has 1 aromatic carbocycles. The largest absolute Gasteiger partial charge is 0.477 e. The maximum absolute atomic E-state index is 13.3. The molecule has 0 aliphatic carbocycles. The van der Waals surface area contributed by atoms with Crippen molar-refractivity contribution in [2.75, 3.05) is 0 Å². The molecule has 0 atom stereocenters. The van der Waals surface area contributed by atoms with E-state index in [1.165, 1.54) is 24.3 Å². The maximum Gasteiger partial charge on any atom is 0.354 e. The average molecular weight is 226 g/mol. The van der Waals surface area contributed by atoms with Crippen LogP contribution in [0, 0.1) is 5.82 Å². The van der Waals surface area contributed by atoms with E-state index in [1.54, 1.807) is 0 Å². The van der Waals surface area contributed by atoms with Crippen LogP contribution >= 0.6 is 11.6 Å². The van der Waals surface area contributed by atoms with Crippen molar-refractivity contribution in [2.45, 2.75) is 0 Å². The normalized spacial score (nSPS) is 10.5. The molecule has 0 spiro atoms. The van der Waals surface area contributed by atoms with Gasteiger partial charge >= 0.3 is 5.97 Å². The Balaban J connectivity index is 2.81. The highest BCUT2D eigenvalue weighted by Crippen LogP contribution is 2.24. The highest BCUT2D eigenvalue weighted by atomic mass is 35.5. The third-order valence-corrected chi connectivity index (χ3v) is 2.28. The minimum absolute atomic E-state index is 0.157. The van der Waals surface area contributed by atoms with Gasteiger partial charge in [0.05, 0.1) is 10.5 Å². The summed E-state index contributed by atoms with van der Waals surface area (Å²) in [6.45, 7) is 0. The first-order valence-electron chi connectivity index (χ1n) is 4.07. The van der Waals surface area contributed by atoms with Crippen LogP contribution in [0.4, 0.5) is 4.39 Å². The predicted octanol–water partition coefficient (Wildman–Crippen LogP) is 2.73. The zero-order valence-corrected chi connectivity index (χ0v) is 8.12. The summed E-state index contributed by atoms with van der Waals surface area (Å²) in [5, 5.41) is 9.15. The molecule has 0 radical (unpaired) electrons. The lowest BCUT2D eigenvalue weighted by Crippen LogP contribution is -2.00. The number of rotatable bonds is 1. The fourth-order valence-electron chi connectivity index (χ4n) is 1.27. The number of carboxylic acids is 1. The highest BCUT2D eigenvalue weighted by molar-refractivity contribution is 6.35. The van der Waals surface area contributed by atoms with Crippen LogP contribution in [-0.2, 0) is 0 Å². The Labute approximate surface area is 89.1 Å². The molecule has 2 rings (SSSR count). The molecule has 0 saturated carbocycles. The van der Waals surface area contributed by atoms with E-state index in [-0.39, 0.29) is 21.6 Å². The fraction of sp³-hybridized carbons (Fsp3) is 0. The molecule has 0 amide bonds. The van der Waals surface area contributed by atoms with E-state index in [0.29, 0.717) is 0 Å². The number of aromatic carboxylic acids is 1. The molecule has 0 saturated heterocycles. The van der Waals surface area contributed by atoms with E-state index < -0.39 is 11.8 Å². The van der Waals surface area contributed by atoms with Crippen molar-refractivity contribution < 1.29 is 14.3 Å². The lowest BCUT2D eigenvalue weighted by molar-refractivity contribution is 0.0691. The standard InChI is InChI=1S/C10H5ClFNO2/c11-6-2-3-7(12)5-1-4-8(10(14)15)13-9(5)6/h1-4H,(H,14,15). The van der Waals surface area contributed by atoms with Crippen molar-refractivity contribution in [1.29, 1.82) is 0 Å². The topological polar surface area (TPSA) is 50.2 Å². The number of hydrogen-bond donors (Lipinski definition) is 1. The van der Waals surface area contributed by atoms with Crippen LogP contribution in [0.5, 0.6) is 0 Å². The summed E-state index contributed by atoms with van der Waals surface area (Å²) < 4.78 is 13.3. The minimum Gasteiger partial charge on any atom is -0.477 e. The molecule has 15 heavy (non-hydrogen) atoms. The summed E-state index contributed by atoms with van der Waals surface area (Å²) in [5.41, 5.74) is 0.00608. The van der Waals surface area contributed by atoms with Crippen LogP contribution in [0.25, 0.3) is 10.9 Å². The van der Waals surface area contributed by atoms with Gasteiger partial charge in [0, 0.05) is 5.39 Å². The average Bonchev–Trinajstić information content (AvgIpc) is 2.23. The summed E-state index contributed by atoms with van der Waals surface area (Å²) in [4.78, 5) is 14.4. The van der Waals surface area contributed by atoms with Gasteiger partial charge in [0.1, 0.15) is 11.5 Å². The molecule has 2 aromatic rings. The first-order chi connectivity index (χ1) is 7.09. The number of aromatic nitrogens is 1. The van der Waals surface area contributed by atoms with Crippen molar-refractivity contribution in [1.82, 2.24) is 4.98 Å². The van der Waals surface area contributed by atoms with Gasteiger partial charge in [-0.05, 0) is 24.3 Å². The quantitative estimate of drug-likeness (QED) is 0.812. The second-order valence-electron chi connectivity index (χ2n) is 2.93. The number of pyridine rings is 1. The smallest absolute Gasteiger partial charge is 0.354 e. The van der Waals surface area contributed by atoms with E-state index >= 15 is 0 Å². The molecular formula is C10H5ClFNO2. The lowest BCUT2D eigenvalue weighted by Gasteiger charge is -2.02. The van der Waals surface area contributed by atoms with Gasteiger partial charge in [-0.3, -0.25) is 0 Å². The fourth-order valence-corrected chi connectivity index (χ4v) is 1.48. The molecule has 76 valence electrons. The monoisotopic (exact) mass is 225 g/mol. The van der Waals surface area contributed by atoms with Crippen molar-refractivity contribution in [2.24, 2.45) is 0 Å². The summed E-state index contributed by atoms with van der Waals surface area (Å²) in [5.74, 6) is -1.64. The number of benzene rings is 1. The van der Waals surface area contributed by atoms with Crippen LogP contribution in [0.2, 0.25) is 5.02 Å². The third kappa shape index (κ3) is 1.64. The van der Waals surface area contributed by atoms with Crippen LogP contribution in [0.1, 0.15) is 10.5 Å². The van der Waals surface area contributed by atoms with Gasteiger partial charge in [-0.1, -0.05) is 11.6 Å². The van der Waals surface area contributed by atoms with Gasteiger partial charge in [0.2, 0.25) is 0 Å². The van der Waals surface area contributed by atoms with Crippen molar-refractivity contribution in [3.63, 3.8) is 0 Å². The van der Waals surface area contributed by atoms with Gasteiger partial charge in [0.15, 0.2) is 0 Å². The SMILES string of the molecule is O=C(O)c1ccc2c(F)ccc(Cl)c2n1. The molecule has 0 bridgehead atoms. The molecule has 3 nitrogen and oxygen atoms in total. The Morgan fingerprint density at radius 3 is 2.73 bits per heavy atom. The predicted molar refractivity (Wildman–Crippen MR) is 53.7 cm³/mol. The molecular weight excluding hydrogens is 221 g/mol. The molecule has 0 fully saturated rings. The van der Waals surface area contributed by atoms with Crippen molar-refractivity contribution in [3.05, 3.63) is 40.8 Å². The Morgan fingerprint density at radius 2 is 2.07 bits per heavy atom. The van der Waals surface area contributed by atoms with Gasteiger partial charge < -0.3 is 5.11 Å². The van der Waals surface area contributed by atoms with Crippen LogP contribution < -0.4 is 0 Å². The minimum atomic E-state index is -1.17. The van der Waals surface area contributed by atoms with E-state index in [4.69, 9.17) is 16.7 Å². The van der Waals surface area contributed by atoms with Gasteiger partial charge in [0.25, 0.3) is 0 Å². The van der Waals surface area contributed by atoms with E-state index in [1.807, 2.05) is 0 Å². The van der Waals surface area contributed by atoms with Crippen LogP contribution in [-0.4, -0.2) is 16.1 Å². The van der Waals surface area contributed by atoms with Gasteiger partial charge in [-0.2, -0.15) is 0 Å². The Bertz CT molecular complexity index is 556. The van der Waals surface area contributed by atoms with Crippen LogP contribution in [0.15, 0.2) is 24.3 Å². The van der Waals surface area contributed by atoms with Crippen molar-refractivity contribution >= 4 is 28.5 Å². The Morgan fingerprint density at radius 1 is 1.33 bits per heavy atom. The number of carboxylic acid groups (broad SMARTS) is 1. The highest BCUT2D eigenvalue weighted by Gasteiger charge is 2.10. The number of carbonyl (C=O) groups is 1. The Hall–Kier alpha value is -1.68. The summed E-state index contributed by atoms with van der Waals surface area (Å²) in [7, 11) is 0. The second-order valence-corrected chi connectivity index (χ2v) is 3.33. The zero-order valence-electron chi connectivity index (χ0n) is 7.37. The molecule has 0 aliphatic rings. The first-order valence-corrected chi connectivity index (χ1v) is 4.45. The lowest BCUT2D eigenvalue weighted by atomic mass is 10.2. The van der Waals surface area contributed by atoms with Crippen molar-refractivity contribution in [3.8, 4) is 0 Å². The summed E-state index contributed by atoms with van der Waals surface area (Å²) in [6, 6.07) is 5.15. The molecule has 0 aliphatic heterocycles. The van der Waals surface area contributed by atoms with Gasteiger partial charge in [-0.15, -0.1) is 0 Å². The number of hydrogen-bond acceptors (Lipinski definition) is 2. The number of nitrogens with zero attached hydrogens (tertiary/aromatic N) is 1. The number of halogens is 2. The van der Waals surface area contributed by atoms with E-state index in [0.717, 1.165) is 0 Å². The molecule has 0 unspecified atom stereocenters. The second kappa shape index (κ2) is 3.47. The molecule has 1 N–H and O–H groups in total. The first kappa shape index (κ1) is 9.86.